The van der Waals surface area contributed by atoms with Crippen LogP contribution in [0, 0.1) is 0 Å². The zero-order valence-corrected chi connectivity index (χ0v) is 15.3. The van der Waals surface area contributed by atoms with Crippen LogP contribution in [-0.2, 0) is 11.3 Å². The molecule has 0 atom stereocenters. The van der Waals surface area contributed by atoms with E-state index in [2.05, 4.69) is 65.6 Å². The van der Waals surface area contributed by atoms with E-state index in [1.54, 1.807) is 7.05 Å². The molecule has 0 aromatic heterocycles. The molecule has 0 aliphatic carbocycles. The van der Waals surface area contributed by atoms with E-state index in [1.807, 2.05) is 0 Å². The number of carbonyl (C=O) groups is 1. The second-order valence-electron chi connectivity index (χ2n) is 5.35. The van der Waals surface area contributed by atoms with Crippen LogP contribution in [0.1, 0.15) is 18.4 Å². The fourth-order valence-corrected chi connectivity index (χ4v) is 3.16. The summed E-state index contributed by atoms with van der Waals surface area (Å²) in [6, 6.07) is 6.86. The third-order valence-electron chi connectivity index (χ3n) is 3.81. The monoisotopic (exact) mass is 417 g/mol. The predicted molar refractivity (Wildman–Crippen MR) is 92.2 cm³/mol. The molecule has 0 spiro atoms. The molecule has 1 aromatic rings. The van der Waals surface area contributed by atoms with Gasteiger partial charge in [-0.05, 0) is 62.4 Å². The number of hydrogen-bond acceptors (Lipinski definition) is 3. The molecule has 1 amide bonds. The molecule has 0 saturated carbocycles. The lowest BCUT2D eigenvalue weighted by atomic mass is 10.0. The summed E-state index contributed by atoms with van der Waals surface area (Å²) in [6.45, 7) is 3.36. The van der Waals surface area contributed by atoms with Gasteiger partial charge in [0.05, 0.1) is 6.54 Å². The zero-order valence-electron chi connectivity index (χ0n) is 12.2. The van der Waals surface area contributed by atoms with Crippen molar-refractivity contribution in [1.29, 1.82) is 0 Å². The predicted octanol–water partition coefficient (Wildman–Crippen LogP) is 2.51. The summed E-state index contributed by atoms with van der Waals surface area (Å²) in [5.74, 6) is 0.0983. The first-order valence-electron chi connectivity index (χ1n) is 7.18. The number of hydrogen-bond donors (Lipinski definition) is 2. The summed E-state index contributed by atoms with van der Waals surface area (Å²) in [4.78, 5) is 13.6. The number of amides is 1. The maximum atomic E-state index is 11.4. The first-order chi connectivity index (χ1) is 10.1. The molecule has 4 nitrogen and oxygen atoms in total. The second kappa shape index (κ2) is 8.27. The Morgan fingerprint density at radius 1 is 1.29 bits per heavy atom. The smallest absolute Gasteiger partial charge is 0.233 e. The summed E-state index contributed by atoms with van der Waals surface area (Å²) in [6.07, 6.45) is 2.18. The number of nitrogens with zero attached hydrogens (tertiary/aromatic N) is 1. The molecule has 0 unspecified atom stereocenters. The van der Waals surface area contributed by atoms with Crippen LogP contribution >= 0.6 is 31.9 Å². The van der Waals surface area contributed by atoms with Gasteiger partial charge in [0.25, 0.3) is 0 Å². The van der Waals surface area contributed by atoms with Gasteiger partial charge in [0.15, 0.2) is 0 Å². The standard InChI is InChI=1S/C15H21Br2N3O/c1-18-15(21)10-20-6-4-12(5-7-20)19-9-11-2-3-13(16)14(17)8-11/h2-3,8,12,19H,4-7,9-10H2,1H3,(H,18,21). The van der Waals surface area contributed by atoms with Crippen LogP contribution < -0.4 is 10.6 Å². The Kier molecular flexibility index (Phi) is 6.67. The van der Waals surface area contributed by atoms with Crippen molar-refractivity contribution in [3.8, 4) is 0 Å². The molecule has 1 aliphatic heterocycles. The lowest BCUT2D eigenvalue weighted by Gasteiger charge is -2.31. The molecular formula is C15H21Br2N3O. The molecule has 1 saturated heterocycles. The average Bonchev–Trinajstić information content (AvgIpc) is 2.50. The van der Waals surface area contributed by atoms with Crippen LogP contribution in [0.5, 0.6) is 0 Å². The molecule has 2 rings (SSSR count). The van der Waals surface area contributed by atoms with Crippen LogP contribution in [-0.4, -0.2) is 43.5 Å². The maximum Gasteiger partial charge on any atom is 0.233 e. The van der Waals surface area contributed by atoms with E-state index in [0.29, 0.717) is 12.6 Å². The lowest BCUT2D eigenvalue weighted by molar-refractivity contribution is -0.122. The van der Waals surface area contributed by atoms with Crippen molar-refractivity contribution in [2.75, 3.05) is 26.7 Å². The highest BCUT2D eigenvalue weighted by atomic mass is 79.9. The second-order valence-corrected chi connectivity index (χ2v) is 7.06. The van der Waals surface area contributed by atoms with Gasteiger partial charge in [0.2, 0.25) is 5.91 Å². The van der Waals surface area contributed by atoms with Crippen molar-refractivity contribution in [1.82, 2.24) is 15.5 Å². The molecule has 1 aromatic carbocycles. The number of halogens is 2. The molecule has 21 heavy (non-hydrogen) atoms. The van der Waals surface area contributed by atoms with E-state index in [1.165, 1.54) is 5.56 Å². The third-order valence-corrected chi connectivity index (χ3v) is 5.69. The van der Waals surface area contributed by atoms with E-state index in [9.17, 15) is 4.79 Å². The lowest BCUT2D eigenvalue weighted by Crippen LogP contribution is -2.45. The fraction of sp³-hybridized carbons (Fsp3) is 0.533. The minimum absolute atomic E-state index is 0.0983. The van der Waals surface area contributed by atoms with Crippen LogP contribution in [0.25, 0.3) is 0 Å². The summed E-state index contributed by atoms with van der Waals surface area (Å²) in [5.41, 5.74) is 1.28. The number of benzene rings is 1. The molecule has 0 bridgehead atoms. The van der Waals surface area contributed by atoms with Gasteiger partial charge in [-0.1, -0.05) is 6.07 Å². The summed E-state index contributed by atoms with van der Waals surface area (Å²) in [5, 5.41) is 6.28. The van der Waals surface area contributed by atoms with Gasteiger partial charge >= 0.3 is 0 Å². The van der Waals surface area contributed by atoms with E-state index in [-0.39, 0.29) is 5.91 Å². The molecule has 0 radical (unpaired) electrons. The van der Waals surface area contributed by atoms with Crippen LogP contribution in [0.4, 0.5) is 0 Å². The van der Waals surface area contributed by atoms with Crippen LogP contribution in [0.2, 0.25) is 0 Å². The molecule has 116 valence electrons. The molecule has 2 N–H and O–H groups in total. The van der Waals surface area contributed by atoms with Gasteiger partial charge in [-0.2, -0.15) is 0 Å². The van der Waals surface area contributed by atoms with Gasteiger partial charge in [-0.3, -0.25) is 9.69 Å². The van der Waals surface area contributed by atoms with Crippen molar-refractivity contribution in [3.05, 3.63) is 32.7 Å². The van der Waals surface area contributed by atoms with Crippen LogP contribution in [0.3, 0.4) is 0 Å². The number of likely N-dealkylation sites (tertiary alicyclic amines) is 1. The van der Waals surface area contributed by atoms with E-state index >= 15 is 0 Å². The normalized spacial score (nSPS) is 16.9. The first kappa shape index (κ1) is 16.9. The number of likely N-dealkylation sites (N-methyl/N-ethyl adjacent to an activating group) is 1. The van der Waals surface area contributed by atoms with Gasteiger partial charge < -0.3 is 10.6 Å². The van der Waals surface area contributed by atoms with Crippen molar-refractivity contribution in [2.45, 2.75) is 25.4 Å². The van der Waals surface area contributed by atoms with Crippen molar-refractivity contribution < 1.29 is 4.79 Å². The van der Waals surface area contributed by atoms with E-state index in [4.69, 9.17) is 0 Å². The van der Waals surface area contributed by atoms with Crippen molar-refractivity contribution in [2.24, 2.45) is 0 Å². The molecule has 6 heteroatoms. The fourth-order valence-electron chi connectivity index (χ4n) is 2.49. The SMILES string of the molecule is CNC(=O)CN1CCC(NCc2ccc(Br)c(Br)c2)CC1. The first-order valence-corrected chi connectivity index (χ1v) is 8.77. The Labute approximate surface area is 142 Å². The van der Waals surface area contributed by atoms with Gasteiger partial charge in [0.1, 0.15) is 0 Å². The summed E-state index contributed by atoms with van der Waals surface area (Å²) in [7, 11) is 1.69. The third kappa shape index (κ3) is 5.36. The Morgan fingerprint density at radius 2 is 2.00 bits per heavy atom. The van der Waals surface area contributed by atoms with Gasteiger partial charge in [0, 0.05) is 41.7 Å². The number of piperidine rings is 1. The van der Waals surface area contributed by atoms with Gasteiger partial charge in [-0.15, -0.1) is 0 Å². The highest BCUT2D eigenvalue weighted by Crippen LogP contribution is 2.24. The van der Waals surface area contributed by atoms with Crippen molar-refractivity contribution >= 4 is 37.8 Å². The Balaban J connectivity index is 1.73. The minimum atomic E-state index is 0.0983. The number of nitrogens with one attached hydrogen (secondary N) is 2. The topological polar surface area (TPSA) is 44.4 Å². The largest absolute Gasteiger partial charge is 0.358 e. The average molecular weight is 419 g/mol. The summed E-state index contributed by atoms with van der Waals surface area (Å²) < 4.78 is 2.16. The highest BCUT2D eigenvalue weighted by molar-refractivity contribution is 9.13. The molecule has 1 aliphatic rings. The Bertz CT molecular complexity index is 488. The van der Waals surface area contributed by atoms with E-state index < -0.39 is 0 Å². The number of carbonyl (C=O) groups excluding carboxylic acids is 1. The molecule has 1 heterocycles. The van der Waals surface area contributed by atoms with Gasteiger partial charge in [-0.25, -0.2) is 0 Å². The van der Waals surface area contributed by atoms with Crippen molar-refractivity contribution in [3.63, 3.8) is 0 Å². The number of rotatable bonds is 5. The minimum Gasteiger partial charge on any atom is -0.358 e. The maximum absolute atomic E-state index is 11.4. The molecular weight excluding hydrogens is 398 g/mol. The Morgan fingerprint density at radius 3 is 2.62 bits per heavy atom. The zero-order chi connectivity index (χ0) is 15.2. The van der Waals surface area contributed by atoms with E-state index in [0.717, 1.165) is 41.4 Å². The Hall–Kier alpha value is -0.430. The quantitative estimate of drug-likeness (QED) is 0.772. The highest BCUT2D eigenvalue weighted by Gasteiger charge is 2.20. The molecule has 1 fully saturated rings. The van der Waals surface area contributed by atoms with Crippen LogP contribution in [0.15, 0.2) is 27.1 Å². The summed E-state index contributed by atoms with van der Waals surface area (Å²) >= 11 is 7.01.